The highest BCUT2D eigenvalue weighted by molar-refractivity contribution is 6.32. The number of fused-ring (bicyclic) bond motifs is 2. The van der Waals surface area contributed by atoms with Gasteiger partial charge in [-0.05, 0) is 110 Å². The molecule has 0 bridgehead atoms. The van der Waals surface area contributed by atoms with Crippen LogP contribution >= 0.6 is 46.4 Å². The summed E-state index contributed by atoms with van der Waals surface area (Å²) >= 11 is 25.3. The van der Waals surface area contributed by atoms with Gasteiger partial charge in [0, 0.05) is 15.6 Å². The zero-order chi connectivity index (χ0) is 41.1. The first-order valence-corrected chi connectivity index (χ1v) is 20.7. The number of hydrogen-bond acceptors (Lipinski definition) is 10. The van der Waals surface area contributed by atoms with Crippen LogP contribution in [0.25, 0.3) is 0 Å². The van der Waals surface area contributed by atoms with Gasteiger partial charge >= 0.3 is 0 Å². The van der Waals surface area contributed by atoms with Gasteiger partial charge in [0.1, 0.15) is 61.4 Å². The van der Waals surface area contributed by atoms with E-state index in [4.69, 9.17) is 74.8 Å². The number of hydrogen-bond donors (Lipinski definition) is 0. The normalized spacial score (nSPS) is 19.9. The Hall–Kier alpha value is -5.34. The van der Waals surface area contributed by atoms with Gasteiger partial charge in [-0.2, -0.15) is 10.2 Å². The minimum absolute atomic E-state index is 0.0586. The van der Waals surface area contributed by atoms with Crippen molar-refractivity contribution in [1.29, 1.82) is 0 Å². The fourth-order valence-corrected chi connectivity index (χ4v) is 8.34. The zero-order valence-corrected chi connectivity index (χ0v) is 34.8. The molecule has 0 spiro atoms. The Morgan fingerprint density at radius 1 is 0.550 bits per heavy atom. The van der Waals surface area contributed by atoms with Crippen LogP contribution in [0.4, 0.5) is 0 Å². The summed E-state index contributed by atoms with van der Waals surface area (Å²) in [6.07, 6.45) is 10.6. The second-order valence-corrected chi connectivity index (χ2v) is 16.0. The lowest BCUT2D eigenvalue weighted by molar-refractivity contribution is -0.195. The van der Waals surface area contributed by atoms with Crippen molar-refractivity contribution in [3.05, 3.63) is 166 Å². The number of ether oxygens (including phenoxy) is 6. The molecule has 5 aromatic carbocycles. The van der Waals surface area contributed by atoms with Gasteiger partial charge in [0.25, 0.3) is 5.79 Å². The van der Waals surface area contributed by atoms with E-state index in [-0.39, 0.29) is 18.8 Å². The second kappa shape index (κ2) is 17.3. The molecular formula is C44H36Cl4N6O6. The number of rotatable bonds is 10. The third-order valence-corrected chi connectivity index (χ3v) is 11.3. The molecule has 12 nitrogen and oxygen atoms in total. The average molecular weight is 887 g/mol. The van der Waals surface area contributed by atoms with Crippen LogP contribution in [0, 0.1) is 0 Å². The maximum Gasteiger partial charge on any atom is 0.299 e. The van der Waals surface area contributed by atoms with Gasteiger partial charge in [-0.25, -0.2) is 19.3 Å². The van der Waals surface area contributed by atoms with Crippen LogP contribution in [0.2, 0.25) is 20.1 Å². The van der Waals surface area contributed by atoms with Gasteiger partial charge in [-0.15, -0.1) is 0 Å². The first-order chi connectivity index (χ1) is 29.2. The molecule has 1 aliphatic carbocycles. The van der Waals surface area contributed by atoms with E-state index in [1.807, 2.05) is 60.7 Å². The predicted octanol–water partition coefficient (Wildman–Crippen LogP) is 11.3. The lowest BCUT2D eigenvalue weighted by atomic mass is 9.95. The monoisotopic (exact) mass is 884 g/mol. The summed E-state index contributed by atoms with van der Waals surface area (Å²) in [4.78, 5) is 8.05. The lowest BCUT2D eigenvalue weighted by Crippen LogP contribution is -2.40. The number of benzene rings is 5. The zero-order valence-electron chi connectivity index (χ0n) is 31.7. The highest BCUT2D eigenvalue weighted by Crippen LogP contribution is 2.48. The Balaban J connectivity index is 0.000000154. The fourth-order valence-electron chi connectivity index (χ4n) is 7.46. The standard InChI is InChI=1S/C22H21Cl2N3O3.C22H15Cl2N3O3/c2*23-15-5-7-16(8-6-15)28-17-9-10-18(19(24)11-17)22(12-27-14-25-13-26-27)29-20-3-1-2-4-21(20)30-22/h5-11,13-14,20-21H,1-4,12H2;1-11,13-14H,12H2. The highest BCUT2D eigenvalue weighted by Gasteiger charge is 2.51. The Labute approximate surface area is 365 Å². The lowest BCUT2D eigenvalue weighted by Gasteiger charge is -2.29. The molecule has 2 fully saturated rings. The maximum absolute atomic E-state index is 6.72. The van der Waals surface area contributed by atoms with Crippen molar-refractivity contribution in [2.75, 3.05) is 0 Å². The molecule has 0 amide bonds. The molecule has 2 aromatic heterocycles. The molecule has 1 saturated carbocycles. The van der Waals surface area contributed by atoms with Gasteiger partial charge < -0.3 is 28.4 Å². The topological polar surface area (TPSA) is 117 Å². The van der Waals surface area contributed by atoms with E-state index in [2.05, 4.69) is 20.2 Å². The molecule has 2 aliphatic heterocycles. The van der Waals surface area contributed by atoms with E-state index >= 15 is 0 Å². The summed E-state index contributed by atoms with van der Waals surface area (Å²) in [5.74, 6) is 1.61. The van der Waals surface area contributed by atoms with Gasteiger partial charge in [0.2, 0.25) is 5.79 Å². The molecule has 0 radical (unpaired) electrons. The Bertz CT molecular complexity index is 2500. The molecule has 0 N–H and O–H groups in total. The van der Waals surface area contributed by atoms with Crippen molar-refractivity contribution >= 4 is 46.4 Å². The molecule has 16 heteroatoms. The third kappa shape index (κ3) is 8.76. The van der Waals surface area contributed by atoms with E-state index < -0.39 is 11.6 Å². The summed E-state index contributed by atoms with van der Waals surface area (Å²) in [6.45, 7) is 0.635. The molecular weight excluding hydrogens is 850 g/mol. The van der Waals surface area contributed by atoms with Crippen LogP contribution in [0.5, 0.6) is 34.5 Å². The van der Waals surface area contributed by atoms with Crippen LogP contribution in [-0.4, -0.2) is 41.7 Å². The number of para-hydroxylation sites is 2. The molecule has 2 atom stereocenters. The molecule has 1 saturated heterocycles. The van der Waals surface area contributed by atoms with E-state index in [1.54, 1.807) is 70.5 Å². The highest BCUT2D eigenvalue weighted by atomic mass is 35.5. The Morgan fingerprint density at radius 3 is 1.42 bits per heavy atom. The van der Waals surface area contributed by atoms with Crippen LogP contribution in [-0.2, 0) is 34.1 Å². The third-order valence-electron chi connectivity index (χ3n) is 10.2. The predicted molar refractivity (Wildman–Crippen MR) is 225 cm³/mol. The van der Waals surface area contributed by atoms with E-state index in [0.717, 1.165) is 31.2 Å². The van der Waals surface area contributed by atoms with Gasteiger partial charge in [-0.3, -0.25) is 0 Å². The first kappa shape index (κ1) is 40.1. The average Bonchev–Trinajstić information content (AvgIpc) is 4.08. The van der Waals surface area contributed by atoms with Gasteiger partial charge in [0.15, 0.2) is 11.5 Å². The SMILES string of the molecule is Clc1ccc(Oc2ccc(C3(Cn4cncn4)OC4CCCCC4O3)c(Cl)c2)cc1.Clc1ccc(Oc2ccc(C3(Cn4cncn4)Oc4ccccc4O3)c(Cl)c2)cc1. The fraction of sp³-hybridized carbons (Fsp3) is 0.227. The van der Waals surface area contributed by atoms with Crippen LogP contribution < -0.4 is 18.9 Å². The first-order valence-electron chi connectivity index (χ1n) is 19.2. The molecule has 3 aliphatic rings. The van der Waals surface area contributed by atoms with Gasteiger partial charge in [0.05, 0.1) is 27.8 Å². The Kier molecular flexibility index (Phi) is 11.6. The van der Waals surface area contributed by atoms with Crippen molar-refractivity contribution in [1.82, 2.24) is 29.5 Å². The molecule has 10 rings (SSSR count). The quantitative estimate of drug-likeness (QED) is 0.131. The summed E-state index contributed by atoms with van der Waals surface area (Å²) < 4.78 is 40.7. The smallest absolute Gasteiger partial charge is 0.299 e. The van der Waals surface area contributed by atoms with Crippen molar-refractivity contribution in [3.63, 3.8) is 0 Å². The molecule has 2 unspecified atom stereocenters. The van der Waals surface area contributed by atoms with Crippen LogP contribution in [0.15, 0.2) is 135 Å². The maximum atomic E-state index is 6.72. The number of nitrogens with zero attached hydrogens (tertiary/aromatic N) is 6. The van der Waals surface area contributed by atoms with E-state index in [9.17, 15) is 0 Å². The minimum Gasteiger partial charge on any atom is -0.457 e. The second-order valence-electron chi connectivity index (χ2n) is 14.3. The Morgan fingerprint density at radius 2 is 0.983 bits per heavy atom. The van der Waals surface area contributed by atoms with Crippen LogP contribution in [0.3, 0.4) is 0 Å². The summed E-state index contributed by atoms with van der Waals surface area (Å²) in [6, 6.07) is 32.7. The molecule has 60 heavy (non-hydrogen) atoms. The van der Waals surface area contributed by atoms with Crippen LogP contribution in [0.1, 0.15) is 36.8 Å². The van der Waals surface area contributed by atoms with E-state index in [1.165, 1.54) is 12.7 Å². The van der Waals surface area contributed by atoms with Crippen molar-refractivity contribution in [3.8, 4) is 34.5 Å². The summed E-state index contributed by atoms with van der Waals surface area (Å²) in [5, 5.41) is 10.7. The largest absolute Gasteiger partial charge is 0.457 e. The van der Waals surface area contributed by atoms with Crippen molar-refractivity contribution < 1.29 is 28.4 Å². The van der Waals surface area contributed by atoms with Crippen molar-refractivity contribution in [2.24, 2.45) is 0 Å². The number of halogens is 4. The minimum atomic E-state index is -1.19. The van der Waals surface area contributed by atoms with E-state index in [0.29, 0.717) is 66.7 Å². The van der Waals surface area contributed by atoms with Gasteiger partial charge in [-0.1, -0.05) is 71.4 Å². The number of aromatic nitrogens is 6. The summed E-state index contributed by atoms with van der Waals surface area (Å²) in [7, 11) is 0. The summed E-state index contributed by atoms with van der Waals surface area (Å²) in [5.41, 5.74) is 1.41. The molecule has 306 valence electrons. The van der Waals surface area contributed by atoms with Crippen molar-refractivity contribution in [2.45, 2.75) is 62.6 Å². The molecule has 4 heterocycles. The molecule has 7 aromatic rings.